The molecule has 1 saturated carbocycles. The highest BCUT2D eigenvalue weighted by Crippen LogP contribution is 2.56. The Labute approximate surface area is 157 Å². The molecule has 130 valence electrons. The highest BCUT2D eigenvalue weighted by molar-refractivity contribution is 5.50. The lowest BCUT2D eigenvalue weighted by Crippen LogP contribution is -2.43. The Balaban J connectivity index is 1.94. The van der Waals surface area contributed by atoms with E-state index in [2.05, 4.69) is 86.8 Å². The van der Waals surface area contributed by atoms with E-state index >= 15 is 0 Å². The minimum absolute atomic E-state index is 0.375. The zero-order chi connectivity index (χ0) is 18.5. The fourth-order valence-electron chi connectivity index (χ4n) is 3.99. The molecule has 4 atom stereocenters. The van der Waals surface area contributed by atoms with Crippen LogP contribution < -0.4 is 5.73 Å². The van der Waals surface area contributed by atoms with Crippen LogP contribution in [0.3, 0.4) is 0 Å². The van der Waals surface area contributed by atoms with Crippen molar-refractivity contribution in [3.05, 3.63) is 114 Å². The van der Waals surface area contributed by atoms with E-state index in [9.17, 15) is 0 Å². The SMILES string of the molecule is C=C(N)/C=C/C1C(C(=C)C)C(/C=C/c2cc#ccc2)C1c1ccccc1. The van der Waals surface area contributed by atoms with Gasteiger partial charge in [0.25, 0.3) is 0 Å². The second-order valence-electron chi connectivity index (χ2n) is 7.02. The van der Waals surface area contributed by atoms with Crippen LogP contribution in [0.25, 0.3) is 6.08 Å². The van der Waals surface area contributed by atoms with Gasteiger partial charge in [-0.05, 0) is 66.0 Å². The summed E-state index contributed by atoms with van der Waals surface area (Å²) in [5, 5.41) is 0. The van der Waals surface area contributed by atoms with Crippen LogP contribution in [-0.4, -0.2) is 0 Å². The number of nitrogens with two attached hydrogens (primary N) is 1. The fraction of sp³-hybridized carbons (Fsp3) is 0.200. The number of rotatable bonds is 6. The van der Waals surface area contributed by atoms with Crippen LogP contribution in [0.15, 0.2) is 91.2 Å². The van der Waals surface area contributed by atoms with Crippen molar-refractivity contribution in [1.29, 1.82) is 0 Å². The molecule has 4 unspecified atom stereocenters. The van der Waals surface area contributed by atoms with E-state index in [0.717, 1.165) is 5.56 Å². The van der Waals surface area contributed by atoms with Crippen molar-refractivity contribution < 1.29 is 0 Å². The molecule has 1 aliphatic carbocycles. The van der Waals surface area contributed by atoms with E-state index in [1.807, 2.05) is 18.2 Å². The monoisotopic (exact) mass is 339 g/mol. The average Bonchev–Trinajstić information content (AvgIpc) is 2.61. The van der Waals surface area contributed by atoms with Crippen LogP contribution in [0.1, 0.15) is 24.0 Å². The molecule has 0 heterocycles. The molecular formula is C25H25N. The number of hydrogen-bond donors (Lipinski definition) is 1. The number of allylic oxidation sites excluding steroid dienone is 4. The molecule has 2 aromatic rings. The minimum Gasteiger partial charge on any atom is -0.399 e. The summed E-state index contributed by atoms with van der Waals surface area (Å²) in [7, 11) is 0. The lowest BCUT2D eigenvalue weighted by Gasteiger charge is -2.51. The van der Waals surface area contributed by atoms with Gasteiger partial charge < -0.3 is 5.73 Å². The highest BCUT2D eigenvalue weighted by atomic mass is 14.6. The molecule has 1 fully saturated rings. The highest BCUT2D eigenvalue weighted by Gasteiger charge is 2.48. The number of hydrogen-bond acceptors (Lipinski definition) is 1. The summed E-state index contributed by atoms with van der Waals surface area (Å²) in [5.41, 5.74) is 10.1. The molecule has 3 rings (SSSR count). The van der Waals surface area contributed by atoms with Gasteiger partial charge in [-0.1, -0.05) is 79.4 Å². The third kappa shape index (κ3) is 3.81. The standard InChI is InChI=1S/C25H25N/c1-18(2)24-22(16-14-19(3)26)25(21-12-8-5-9-13-21)23(24)17-15-20-10-6-4-7-11-20/h5-6,8-17,22-25H,1,3,26H2,2H3/b16-14+,17-15+. The van der Waals surface area contributed by atoms with Gasteiger partial charge in [0, 0.05) is 5.70 Å². The number of benzene rings is 1. The lowest BCUT2D eigenvalue weighted by atomic mass is 9.52. The molecule has 1 aliphatic rings. The summed E-state index contributed by atoms with van der Waals surface area (Å²) in [4.78, 5) is 0. The van der Waals surface area contributed by atoms with Crippen LogP contribution in [0.5, 0.6) is 0 Å². The molecular weight excluding hydrogens is 314 g/mol. The molecule has 1 nitrogen and oxygen atoms in total. The van der Waals surface area contributed by atoms with Gasteiger partial charge in [0.15, 0.2) is 0 Å². The van der Waals surface area contributed by atoms with Crippen molar-refractivity contribution in [2.45, 2.75) is 12.8 Å². The molecule has 0 aliphatic heterocycles. The average molecular weight is 339 g/mol. The zero-order valence-electron chi connectivity index (χ0n) is 15.2. The molecule has 1 heteroatoms. The molecule has 0 radical (unpaired) electrons. The maximum Gasteiger partial charge on any atom is 0.0237 e. The molecule has 0 aromatic heterocycles. The van der Waals surface area contributed by atoms with E-state index in [4.69, 9.17) is 5.73 Å². The second-order valence-corrected chi connectivity index (χ2v) is 7.02. The summed E-state index contributed by atoms with van der Waals surface area (Å²) in [6.45, 7) is 10.2. The summed E-state index contributed by atoms with van der Waals surface area (Å²) >= 11 is 0. The van der Waals surface area contributed by atoms with Gasteiger partial charge in [-0.25, -0.2) is 0 Å². The molecule has 0 saturated heterocycles. The first-order valence-corrected chi connectivity index (χ1v) is 8.97. The third-order valence-corrected chi connectivity index (χ3v) is 5.14. The van der Waals surface area contributed by atoms with Crippen LogP contribution in [0.2, 0.25) is 0 Å². The first-order valence-electron chi connectivity index (χ1n) is 8.97. The van der Waals surface area contributed by atoms with E-state index in [1.165, 1.54) is 11.1 Å². The van der Waals surface area contributed by atoms with Crippen LogP contribution in [0, 0.1) is 29.9 Å². The van der Waals surface area contributed by atoms with E-state index in [0.29, 0.717) is 29.4 Å². The molecule has 2 aromatic carbocycles. The summed E-state index contributed by atoms with van der Waals surface area (Å²) in [6, 6.07) is 22.5. The maximum atomic E-state index is 5.77. The third-order valence-electron chi connectivity index (χ3n) is 5.14. The molecule has 0 amide bonds. The Hall–Kier alpha value is -2.98. The lowest BCUT2D eigenvalue weighted by molar-refractivity contribution is 0.140. The van der Waals surface area contributed by atoms with Gasteiger partial charge in [-0.2, -0.15) is 0 Å². The predicted molar refractivity (Wildman–Crippen MR) is 110 cm³/mol. The smallest absolute Gasteiger partial charge is 0.0237 e. The zero-order valence-corrected chi connectivity index (χ0v) is 15.2. The maximum absolute atomic E-state index is 5.77. The Morgan fingerprint density at radius 1 is 1.04 bits per heavy atom. The largest absolute Gasteiger partial charge is 0.399 e. The topological polar surface area (TPSA) is 26.0 Å². The van der Waals surface area contributed by atoms with Crippen molar-refractivity contribution in [3.63, 3.8) is 0 Å². The Morgan fingerprint density at radius 2 is 1.77 bits per heavy atom. The fourth-order valence-corrected chi connectivity index (χ4v) is 3.99. The van der Waals surface area contributed by atoms with Gasteiger partial charge >= 0.3 is 0 Å². The van der Waals surface area contributed by atoms with Crippen molar-refractivity contribution in [1.82, 2.24) is 0 Å². The second kappa shape index (κ2) is 7.93. The summed E-state index contributed by atoms with van der Waals surface area (Å²) in [5.74, 6) is 1.58. The predicted octanol–water partition coefficient (Wildman–Crippen LogP) is 5.55. The molecule has 26 heavy (non-hydrogen) atoms. The molecule has 0 spiro atoms. The summed E-state index contributed by atoms with van der Waals surface area (Å²) in [6.07, 6.45) is 8.64. The first kappa shape index (κ1) is 17.8. The Kier molecular flexibility index (Phi) is 5.44. The Morgan fingerprint density at radius 3 is 2.38 bits per heavy atom. The molecule has 0 bridgehead atoms. The van der Waals surface area contributed by atoms with E-state index in [-0.39, 0.29) is 0 Å². The van der Waals surface area contributed by atoms with Crippen molar-refractivity contribution in [3.8, 4) is 0 Å². The van der Waals surface area contributed by atoms with E-state index < -0.39 is 0 Å². The first-order chi connectivity index (χ1) is 12.6. The van der Waals surface area contributed by atoms with Gasteiger partial charge in [-0.15, -0.1) is 0 Å². The van der Waals surface area contributed by atoms with Crippen LogP contribution in [-0.2, 0) is 0 Å². The van der Waals surface area contributed by atoms with Gasteiger partial charge in [0.2, 0.25) is 0 Å². The van der Waals surface area contributed by atoms with Crippen molar-refractivity contribution in [2.75, 3.05) is 0 Å². The van der Waals surface area contributed by atoms with Crippen molar-refractivity contribution >= 4 is 6.08 Å². The molecule has 2 N–H and O–H groups in total. The summed E-state index contributed by atoms with van der Waals surface area (Å²) < 4.78 is 0. The normalized spacial score (nSPS) is 25.0. The van der Waals surface area contributed by atoms with Crippen LogP contribution in [0.4, 0.5) is 0 Å². The quantitative estimate of drug-likeness (QED) is 0.542. The van der Waals surface area contributed by atoms with Crippen LogP contribution >= 0.6 is 0 Å². The van der Waals surface area contributed by atoms with Gasteiger partial charge in [0.05, 0.1) is 0 Å². The van der Waals surface area contributed by atoms with Crippen molar-refractivity contribution in [2.24, 2.45) is 23.5 Å². The van der Waals surface area contributed by atoms with Gasteiger partial charge in [0.1, 0.15) is 0 Å². The Bertz CT molecular complexity index is 814. The minimum atomic E-state index is 0.375. The van der Waals surface area contributed by atoms with Gasteiger partial charge in [-0.3, -0.25) is 0 Å². The van der Waals surface area contributed by atoms with E-state index in [1.54, 1.807) is 0 Å².